The van der Waals surface area contributed by atoms with Crippen LogP contribution in [0.25, 0.3) is 0 Å². The summed E-state index contributed by atoms with van der Waals surface area (Å²) < 4.78 is 12.5. The van der Waals surface area contributed by atoms with E-state index in [1.807, 2.05) is 0 Å². The summed E-state index contributed by atoms with van der Waals surface area (Å²) in [5.74, 6) is 1.57. The molecule has 3 nitrogen and oxygen atoms in total. The molecule has 19 heavy (non-hydrogen) atoms. The van der Waals surface area contributed by atoms with Crippen molar-refractivity contribution in [2.75, 3.05) is 36.0 Å². The molecule has 1 fully saturated rings. The standard InChI is InChI=1S/C14H21BrN2OS/c1-3-16-11(2)13-5-4-12(10-14(13)15)17-6-8-19(18)9-7-17/h4-5,10-11,16H,3,6-9H2,1-2H3. The molecule has 0 aliphatic carbocycles. The summed E-state index contributed by atoms with van der Waals surface area (Å²) in [6, 6.07) is 6.88. The molecular weight excluding hydrogens is 324 g/mol. The molecule has 5 heteroatoms. The van der Waals surface area contributed by atoms with Crippen molar-refractivity contribution in [1.29, 1.82) is 0 Å². The number of nitrogens with one attached hydrogen (secondary N) is 1. The van der Waals surface area contributed by atoms with Gasteiger partial charge < -0.3 is 10.2 Å². The number of halogens is 1. The van der Waals surface area contributed by atoms with E-state index >= 15 is 0 Å². The smallest absolute Gasteiger partial charge is 0.0411 e. The number of nitrogens with zero attached hydrogens (tertiary/aromatic N) is 1. The molecule has 1 heterocycles. The first-order valence-corrected chi connectivity index (χ1v) is 9.02. The summed E-state index contributed by atoms with van der Waals surface area (Å²) >= 11 is 3.67. The van der Waals surface area contributed by atoms with Crippen molar-refractivity contribution < 1.29 is 4.21 Å². The fourth-order valence-electron chi connectivity index (χ4n) is 2.38. The highest BCUT2D eigenvalue weighted by Crippen LogP contribution is 2.28. The predicted octanol–water partition coefficient (Wildman–Crippen LogP) is 2.69. The Kier molecular flexibility index (Phi) is 5.42. The van der Waals surface area contributed by atoms with E-state index in [0.717, 1.165) is 35.6 Å². The van der Waals surface area contributed by atoms with Gasteiger partial charge in [0, 0.05) is 51.6 Å². The molecule has 1 N–H and O–H groups in total. The minimum Gasteiger partial charge on any atom is -0.370 e. The zero-order valence-electron chi connectivity index (χ0n) is 11.5. The fourth-order valence-corrected chi connectivity index (χ4v) is 4.14. The maximum Gasteiger partial charge on any atom is 0.0411 e. The highest BCUT2D eigenvalue weighted by Gasteiger charge is 2.17. The first-order valence-electron chi connectivity index (χ1n) is 6.74. The molecule has 0 bridgehead atoms. The van der Waals surface area contributed by atoms with Gasteiger partial charge in [-0.3, -0.25) is 4.21 Å². The lowest BCUT2D eigenvalue weighted by atomic mass is 10.1. The zero-order chi connectivity index (χ0) is 13.8. The summed E-state index contributed by atoms with van der Waals surface area (Å²) in [6.45, 7) is 7.04. The molecule has 0 spiro atoms. The molecular formula is C14H21BrN2OS. The van der Waals surface area contributed by atoms with E-state index in [9.17, 15) is 4.21 Å². The second-order valence-electron chi connectivity index (χ2n) is 4.82. The van der Waals surface area contributed by atoms with Crippen LogP contribution < -0.4 is 10.2 Å². The fraction of sp³-hybridized carbons (Fsp3) is 0.571. The lowest BCUT2D eigenvalue weighted by molar-refractivity contribution is 0.596. The van der Waals surface area contributed by atoms with Gasteiger partial charge in [-0.25, -0.2) is 0 Å². The number of benzene rings is 1. The first-order chi connectivity index (χ1) is 9.11. The van der Waals surface area contributed by atoms with Crippen LogP contribution in [0, 0.1) is 0 Å². The van der Waals surface area contributed by atoms with Crippen LogP contribution in [-0.2, 0) is 10.8 Å². The Morgan fingerprint density at radius 3 is 2.68 bits per heavy atom. The van der Waals surface area contributed by atoms with Crippen molar-refractivity contribution in [3.05, 3.63) is 28.2 Å². The Hall–Kier alpha value is -0.390. The van der Waals surface area contributed by atoms with Crippen molar-refractivity contribution in [3.8, 4) is 0 Å². The topological polar surface area (TPSA) is 32.3 Å². The number of hydrogen-bond donors (Lipinski definition) is 1. The largest absolute Gasteiger partial charge is 0.370 e. The minimum atomic E-state index is -0.618. The van der Waals surface area contributed by atoms with Crippen LogP contribution in [0.3, 0.4) is 0 Å². The molecule has 2 rings (SSSR count). The van der Waals surface area contributed by atoms with E-state index in [0.29, 0.717) is 6.04 Å². The third kappa shape index (κ3) is 3.80. The molecule has 1 saturated heterocycles. The van der Waals surface area contributed by atoms with Crippen LogP contribution in [0.2, 0.25) is 0 Å². The van der Waals surface area contributed by atoms with Crippen LogP contribution in [0.5, 0.6) is 0 Å². The highest BCUT2D eigenvalue weighted by atomic mass is 79.9. The third-order valence-corrected chi connectivity index (χ3v) is 5.47. The van der Waals surface area contributed by atoms with Crippen molar-refractivity contribution in [2.45, 2.75) is 19.9 Å². The summed E-state index contributed by atoms with van der Waals surface area (Å²) in [5, 5.41) is 3.42. The normalized spacial score (nSPS) is 18.6. The summed E-state index contributed by atoms with van der Waals surface area (Å²) in [7, 11) is -0.618. The van der Waals surface area contributed by atoms with E-state index in [-0.39, 0.29) is 0 Å². The van der Waals surface area contributed by atoms with Crippen molar-refractivity contribution in [3.63, 3.8) is 0 Å². The molecule has 1 aliphatic rings. The maximum absolute atomic E-state index is 11.4. The van der Waals surface area contributed by atoms with E-state index < -0.39 is 10.8 Å². The Morgan fingerprint density at radius 1 is 1.42 bits per heavy atom. The molecule has 1 aromatic carbocycles. The van der Waals surface area contributed by atoms with Gasteiger partial charge >= 0.3 is 0 Å². The van der Waals surface area contributed by atoms with Gasteiger partial charge in [0.15, 0.2) is 0 Å². The molecule has 1 aliphatic heterocycles. The van der Waals surface area contributed by atoms with Crippen molar-refractivity contribution in [1.82, 2.24) is 5.32 Å². The molecule has 106 valence electrons. The molecule has 0 aromatic heterocycles. The monoisotopic (exact) mass is 344 g/mol. The van der Waals surface area contributed by atoms with E-state index in [1.54, 1.807) is 0 Å². The van der Waals surface area contributed by atoms with Gasteiger partial charge in [0.05, 0.1) is 0 Å². The Balaban J connectivity index is 2.12. The Morgan fingerprint density at radius 2 is 2.11 bits per heavy atom. The van der Waals surface area contributed by atoms with E-state index in [4.69, 9.17) is 0 Å². The van der Waals surface area contributed by atoms with Gasteiger partial charge in [0.1, 0.15) is 0 Å². The van der Waals surface area contributed by atoms with E-state index in [2.05, 4.69) is 58.2 Å². The molecule has 0 radical (unpaired) electrons. The quantitative estimate of drug-likeness (QED) is 0.911. The van der Waals surface area contributed by atoms with Crippen LogP contribution in [0.4, 0.5) is 5.69 Å². The minimum absolute atomic E-state index is 0.349. The number of anilines is 1. The average molecular weight is 345 g/mol. The van der Waals surface area contributed by atoms with Gasteiger partial charge in [-0.1, -0.05) is 28.9 Å². The molecule has 0 saturated carbocycles. The van der Waals surface area contributed by atoms with Crippen molar-refractivity contribution in [2.24, 2.45) is 0 Å². The van der Waals surface area contributed by atoms with Crippen LogP contribution in [0.1, 0.15) is 25.5 Å². The van der Waals surface area contributed by atoms with Gasteiger partial charge in [-0.2, -0.15) is 0 Å². The number of rotatable bonds is 4. The summed E-state index contributed by atoms with van der Waals surface area (Å²) in [5.41, 5.74) is 2.50. The van der Waals surface area contributed by atoms with Crippen LogP contribution in [-0.4, -0.2) is 35.3 Å². The van der Waals surface area contributed by atoms with Crippen LogP contribution >= 0.6 is 15.9 Å². The van der Waals surface area contributed by atoms with Crippen molar-refractivity contribution >= 4 is 32.4 Å². The maximum atomic E-state index is 11.4. The van der Waals surface area contributed by atoms with Gasteiger partial charge in [-0.05, 0) is 31.2 Å². The summed E-state index contributed by atoms with van der Waals surface area (Å²) in [6.07, 6.45) is 0. The number of hydrogen-bond acceptors (Lipinski definition) is 3. The van der Waals surface area contributed by atoms with E-state index in [1.165, 1.54) is 11.3 Å². The lowest BCUT2D eigenvalue weighted by Gasteiger charge is -2.29. The lowest BCUT2D eigenvalue weighted by Crippen LogP contribution is -2.37. The SMILES string of the molecule is CCNC(C)c1ccc(N2CCS(=O)CC2)cc1Br. The second-order valence-corrected chi connectivity index (χ2v) is 7.37. The summed E-state index contributed by atoms with van der Waals surface area (Å²) in [4.78, 5) is 2.31. The average Bonchev–Trinajstić information content (AvgIpc) is 2.39. The predicted molar refractivity (Wildman–Crippen MR) is 86.3 cm³/mol. The van der Waals surface area contributed by atoms with Gasteiger partial charge in [-0.15, -0.1) is 0 Å². The van der Waals surface area contributed by atoms with Gasteiger partial charge in [0.25, 0.3) is 0 Å². The molecule has 0 amide bonds. The molecule has 1 atom stereocenters. The van der Waals surface area contributed by atoms with Crippen LogP contribution in [0.15, 0.2) is 22.7 Å². The molecule has 1 aromatic rings. The Bertz CT molecular complexity index is 457. The zero-order valence-corrected chi connectivity index (χ0v) is 13.9. The highest BCUT2D eigenvalue weighted by molar-refractivity contribution is 9.10. The third-order valence-electron chi connectivity index (χ3n) is 3.50. The second kappa shape index (κ2) is 6.86. The van der Waals surface area contributed by atoms with Gasteiger partial charge in [0.2, 0.25) is 0 Å². The molecule has 1 unspecified atom stereocenters. The Labute approximate surface area is 126 Å². The first kappa shape index (κ1) is 15.0.